The van der Waals surface area contributed by atoms with E-state index in [1.54, 1.807) is 19.1 Å². The molecule has 1 fully saturated rings. The second-order valence-electron chi connectivity index (χ2n) is 7.19. The van der Waals surface area contributed by atoms with Gasteiger partial charge in [0, 0.05) is 18.2 Å². The van der Waals surface area contributed by atoms with Gasteiger partial charge in [-0.2, -0.15) is 0 Å². The minimum atomic E-state index is -0.463. The minimum absolute atomic E-state index is 0.137. The fourth-order valence-corrected chi connectivity index (χ4v) is 3.97. The summed E-state index contributed by atoms with van der Waals surface area (Å²) in [7, 11) is 3.18. The highest BCUT2D eigenvalue weighted by molar-refractivity contribution is 5.79. The smallest absolute Gasteiger partial charge is 0.261 e. The van der Waals surface area contributed by atoms with E-state index in [0.29, 0.717) is 18.0 Å². The van der Waals surface area contributed by atoms with E-state index in [0.717, 1.165) is 18.4 Å². The number of carbonyl (C=O) groups is 1. The van der Waals surface area contributed by atoms with Gasteiger partial charge >= 0.3 is 0 Å². The Kier molecular flexibility index (Phi) is 5.39. The van der Waals surface area contributed by atoms with Crippen LogP contribution in [0.25, 0.3) is 10.9 Å². The van der Waals surface area contributed by atoms with Gasteiger partial charge in [0.2, 0.25) is 5.91 Å². The van der Waals surface area contributed by atoms with Crippen LogP contribution in [0.2, 0.25) is 0 Å². The Hall–Kier alpha value is -3.42. The number of aromatic nitrogens is 2. The van der Waals surface area contributed by atoms with Crippen molar-refractivity contribution in [3.05, 3.63) is 64.5 Å². The van der Waals surface area contributed by atoms with E-state index in [4.69, 9.17) is 9.47 Å². The van der Waals surface area contributed by atoms with E-state index in [9.17, 15) is 14.0 Å². The molecule has 30 heavy (non-hydrogen) atoms. The van der Waals surface area contributed by atoms with Gasteiger partial charge in [0.15, 0.2) is 0 Å². The summed E-state index contributed by atoms with van der Waals surface area (Å²) in [5.41, 5.74) is 0.772. The highest BCUT2D eigenvalue weighted by atomic mass is 19.1. The fourth-order valence-electron chi connectivity index (χ4n) is 3.97. The van der Waals surface area contributed by atoms with Crippen LogP contribution in [-0.4, -0.2) is 41.1 Å². The highest BCUT2D eigenvalue weighted by Gasteiger charge is 2.32. The summed E-state index contributed by atoms with van der Waals surface area (Å²) < 4.78 is 25.5. The van der Waals surface area contributed by atoms with Gasteiger partial charge in [0.05, 0.1) is 37.5 Å². The molecule has 1 saturated heterocycles. The number of benzene rings is 2. The van der Waals surface area contributed by atoms with Crippen molar-refractivity contribution in [3.63, 3.8) is 0 Å². The molecule has 8 heteroatoms. The maximum atomic E-state index is 13.4. The van der Waals surface area contributed by atoms with Crippen molar-refractivity contribution in [2.24, 2.45) is 0 Å². The SMILES string of the molecule is COc1ccc(OC)c(C2CCCN2C(=O)Cn2cnc3cc(F)ccc3c2=O)c1. The van der Waals surface area contributed by atoms with Crippen LogP contribution >= 0.6 is 0 Å². The lowest BCUT2D eigenvalue weighted by Gasteiger charge is -2.27. The summed E-state index contributed by atoms with van der Waals surface area (Å²) in [6.45, 7) is 0.451. The van der Waals surface area contributed by atoms with Crippen molar-refractivity contribution >= 4 is 16.8 Å². The third-order valence-electron chi connectivity index (χ3n) is 5.46. The predicted octanol–water partition coefficient (Wildman–Crippen LogP) is 2.92. The molecule has 1 unspecified atom stereocenters. The van der Waals surface area contributed by atoms with Crippen molar-refractivity contribution in [1.29, 1.82) is 0 Å². The third kappa shape index (κ3) is 3.60. The van der Waals surface area contributed by atoms with E-state index in [2.05, 4.69) is 4.98 Å². The van der Waals surface area contributed by atoms with Crippen molar-refractivity contribution in [3.8, 4) is 11.5 Å². The molecule has 0 N–H and O–H groups in total. The number of halogens is 1. The molecule has 7 nitrogen and oxygen atoms in total. The Morgan fingerprint density at radius 1 is 1.20 bits per heavy atom. The molecule has 0 saturated carbocycles. The Morgan fingerprint density at radius 2 is 2.03 bits per heavy atom. The van der Waals surface area contributed by atoms with Crippen LogP contribution in [0.1, 0.15) is 24.4 Å². The number of amides is 1. The third-order valence-corrected chi connectivity index (χ3v) is 5.46. The van der Waals surface area contributed by atoms with Gasteiger partial charge in [-0.15, -0.1) is 0 Å². The number of hydrogen-bond donors (Lipinski definition) is 0. The van der Waals surface area contributed by atoms with E-state index in [1.165, 1.54) is 29.1 Å². The van der Waals surface area contributed by atoms with Crippen molar-refractivity contribution < 1.29 is 18.7 Å². The second-order valence-corrected chi connectivity index (χ2v) is 7.19. The first kappa shape index (κ1) is 19.9. The van der Waals surface area contributed by atoms with Gasteiger partial charge in [-0.05, 0) is 43.2 Å². The van der Waals surface area contributed by atoms with Crippen molar-refractivity contribution in [1.82, 2.24) is 14.5 Å². The molecule has 0 aliphatic carbocycles. The average molecular weight is 411 g/mol. The number of ether oxygens (including phenoxy) is 2. The Morgan fingerprint density at radius 3 is 2.80 bits per heavy atom. The molecule has 0 bridgehead atoms. The van der Waals surface area contributed by atoms with Crippen LogP contribution in [0.15, 0.2) is 47.5 Å². The normalized spacial score (nSPS) is 16.1. The van der Waals surface area contributed by atoms with Gasteiger partial charge in [0.25, 0.3) is 5.56 Å². The molecule has 2 aromatic carbocycles. The minimum Gasteiger partial charge on any atom is -0.497 e. The van der Waals surface area contributed by atoms with Crippen LogP contribution in [-0.2, 0) is 11.3 Å². The van der Waals surface area contributed by atoms with E-state index in [1.807, 2.05) is 18.2 Å². The Labute approximate surface area is 172 Å². The summed E-state index contributed by atoms with van der Waals surface area (Å²) in [5, 5.41) is 0.277. The molecule has 1 aliphatic rings. The van der Waals surface area contributed by atoms with Gasteiger partial charge in [0.1, 0.15) is 23.9 Å². The first-order valence-corrected chi connectivity index (χ1v) is 9.68. The molecule has 1 amide bonds. The summed E-state index contributed by atoms with van der Waals surface area (Å²) in [6, 6.07) is 9.16. The lowest BCUT2D eigenvalue weighted by molar-refractivity contribution is -0.132. The number of methoxy groups -OCH3 is 2. The van der Waals surface area contributed by atoms with Crippen molar-refractivity contribution in [2.45, 2.75) is 25.4 Å². The number of nitrogens with zero attached hydrogens (tertiary/aromatic N) is 3. The maximum Gasteiger partial charge on any atom is 0.261 e. The monoisotopic (exact) mass is 411 g/mol. The first-order valence-electron chi connectivity index (χ1n) is 9.68. The molecule has 1 atom stereocenters. The Bertz CT molecular complexity index is 1160. The maximum absolute atomic E-state index is 13.4. The lowest BCUT2D eigenvalue weighted by Crippen LogP contribution is -2.36. The zero-order valence-electron chi connectivity index (χ0n) is 16.8. The summed E-state index contributed by atoms with van der Waals surface area (Å²) in [5.74, 6) is 0.724. The van der Waals surface area contributed by atoms with Crippen LogP contribution in [0.5, 0.6) is 11.5 Å². The highest BCUT2D eigenvalue weighted by Crippen LogP contribution is 2.39. The lowest BCUT2D eigenvalue weighted by atomic mass is 10.0. The summed E-state index contributed by atoms with van der Waals surface area (Å²) in [4.78, 5) is 31.7. The number of fused-ring (bicyclic) bond motifs is 1. The average Bonchev–Trinajstić information content (AvgIpc) is 3.25. The summed E-state index contributed by atoms with van der Waals surface area (Å²) >= 11 is 0. The van der Waals surface area contributed by atoms with E-state index < -0.39 is 5.82 Å². The first-order chi connectivity index (χ1) is 14.5. The Balaban J connectivity index is 1.62. The molecule has 3 aromatic rings. The second kappa shape index (κ2) is 8.14. The topological polar surface area (TPSA) is 73.7 Å². The number of hydrogen-bond acceptors (Lipinski definition) is 5. The van der Waals surface area contributed by atoms with Crippen LogP contribution in [0.4, 0.5) is 4.39 Å². The molecule has 1 aromatic heterocycles. The zero-order chi connectivity index (χ0) is 21.3. The molecule has 2 heterocycles. The van der Waals surface area contributed by atoms with E-state index in [-0.39, 0.29) is 35.0 Å². The molecule has 1 aliphatic heterocycles. The van der Waals surface area contributed by atoms with Gasteiger partial charge in [-0.3, -0.25) is 14.2 Å². The number of likely N-dealkylation sites (tertiary alicyclic amines) is 1. The van der Waals surface area contributed by atoms with Crippen molar-refractivity contribution in [2.75, 3.05) is 20.8 Å². The summed E-state index contributed by atoms with van der Waals surface area (Å²) in [6.07, 6.45) is 2.93. The predicted molar refractivity (Wildman–Crippen MR) is 109 cm³/mol. The molecule has 156 valence electrons. The van der Waals surface area contributed by atoms with Gasteiger partial charge < -0.3 is 14.4 Å². The molecule has 0 radical (unpaired) electrons. The van der Waals surface area contributed by atoms with Gasteiger partial charge in [-0.25, -0.2) is 9.37 Å². The van der Waals surface area contributed by atoms with Crippen LogP contribution < -0.4 is 15.0 Å². The van der Waals surface area contributed by atoms with E-state index >= 15 is 0 Å². The molecule has 0 spiro atoms. The number of rotatable bonds is 5. The standard InChI is InChI=1S/C22H22FN3O4/c1-29-15-6-8-20(30-2)17(11-15)19-4-3-9-26(19)21(27)12-25-13-24-18-10-14(23)5-7-16(18)22(25)28/h5-8,10-11,13,19H,3-4,9,12H2,1-2H3. The number of carbonyl (C=O) groups excluding carboxylic acids is 1. The molecular weight excluding hydrogens is 389 g/mol. The molecular formula is C22H22FN3O4. The van der Waals surface area contributed by atoms with Crippen LogP contribution in [0, 0.1) is 5.82 Å². The zero-order valence-corrected chi connectivity index (χ0v) is 16.8. The molecule has 4 rings (SSSR count). The fraction of sp³-hybridized carbons (Fsp3) is 0.318. The largest absolute Gasteiger partial charge is 0.497 e. The van der Waals surface area contributed by atoms with Gasteiger partial charge in [-0.1, -0.05) is 0 Å². The van der Waals surface area contributed by atoms with Crippen LogP contribution in [0.3, 0.4) is 0 Å². The quantitative estimate of drug-likeness (QED) is 0.646.